The van der Waals surface area contributed by atoms with Crippen molar-refractivity contribution in [1.29, 1.82) is 0 Å². The number of rotatable bonds is 2. The van der Waals surface area contributed by atoms with Gasteiger partial charge in [0.2, 0.25) is 0 Å². The molecule has 2 atom stereocenters. The summed E-state index contributed by atoms with van der Waals surface area (Å²) >= 11 is -1.98. The van der Waals surface area contributed by atoms with E-state index in [0.717, 1.165) is 34.0 Å². The lowest BCUT2D eigenvalue weighted by Gasteiger charge is -2.11. The second-order valence-electron chi connectivity index (χ2n) is 5.87. The minimum atomic E-state index is -1.98. The van der Waals surface area contributed by atoms with Crippen molar-refractivity contribution < 1.29 is 8.76 Å². The van der Waals surface area contributed by atoms with Gasteiger partial charge in [-0.25, -0.2) is 4.21 Å². The summed E-state index contributed by atoms with van der Waals surface area (Å²) in [6, 6.07) is 4.14. The van der Waals surface area contributed by atoms with Gasteiger partial charge in [-0.15, -0.1) is 0 Å². The van der Waals surface area contributed by atoms with Gasteiger partial charge in [0.05, 0.1) is 4.90 Å². The van der Waals surface area contributed by atoms with Gasteiger partial charge in [-0.05, 0) is 48.9 Å². The number of aromatic nitrogens is 1. The molecule has 1 aromatic carbocycles. The summed E-state index contributed by atoms with van der Waals surface area (Å²) in [5, 5.41) is 1.82. The molecule has 0 amide bonds. The SMILES string of the molecule is NC1Cc2cc3cnc(C4CC4)cc3c(S(=O)O)c2C1. The van der Waals surface area contributed by atoms with Crippen LogP contribution in [0.5, 0.6) is 0 Å². The number of hydrogen-bond acceptors (Lipinski definition) is 3. The van der Waals surface area contributed by atoms with Crippen LogP contribution < -0.4 is 5.73 Å². The van der Waals surface area contributed by atoms with Crippen molar-refractivity contribution in [1.82, 2.24) is 4.98 Å². The molecule has 2 aliphatic rings. The molecule has 1 aromatic heterocycles. The summed E-state index contributed by atoms with van der Waals surface area (Å²) < 4.78 is 21.6. The fourth-order valence-electron chi connectivity index (χ4n) is 3.20. The summed E-state index contributed by atoms with van der Waals surface area (Å²) in [7, 11) is 0. The van der Waals surface area contributed by atoms with Gasteiger partial charge in [-0.1, -0.05) is 0 Å². The normalized spacial score (nSPS) is 23.0. The number of fused-ring (bicyclic) bond motifs is 2. The van der Waals surface area contributed by atoms with E-state index in [1.807, 2.05) is 12.3 Å². The number of pyridine rings is 1. The molecule has 1 saturated carbocycles. The van der Waals surface area contributed by atoms with Crippen LogP contribution in [0, 0.1) is 0 Å². The smallest absolute Gasteiger partial charge is 0.187 e. The van der Waals surface area contributed by atoms with Gasteiger partial charge in [-0.2, -0.15) is 0 Å². The average Bonchev–Trinajstić information content (AvgIpc) is 3.17. The molecule has 2 unspecified atom stereocenters. The van der Waals surface area contributed by atoms with E-state index in [-0.39, 0.29) is 6.04 Å². The summed E-state index contributed by atoms with van der Waals surface area (Å²) in [6.07, 6.45) is 5.65. The molecule has 0 saturated heterocycles. The maximum Gasteiger partial charge on any atom is 0.187 e. The predicted molar refractivity (Wildman–Crippen MR) is 78.1 cm³/mol. The Balaban J connectivity index is 2.01. The highest BCUT2D eigenvalue weighted by molar-refractivity contribution is 7.79. The van der Waals surface area contributed by atoms with Crippen molar-refractivity contribution in [2.24, 2.45) is 5.73 Å². The van der Waals surface area contributed by atoms with E-state index in [9.17, 15) is 8.76 Å². The van der Waals surface area contributed by atoms with Crippen LogP contribution in [0.15, 0.2) is 23.2 Å². The van der Waals surface area contributed by atoms with Crippen molar-refractivity contribution in [3.8, 4) is 0 Å². The first-order valence-corrected chi connectivity index (χ1v) is 8.05. The second-order valence-corrected chi connectivity index (χ2v) is 6.77. The Morgan fingerprint density at radius 3 is 2.80 bits per heavy atom. The minimum Gasteiger partial charge on any atom is -0.327 e. The standard InChI is InChI=1S/C15H16N2O2S/c16-11-4-9-3-10-7-17-14(8-1-2-8)6-13(10)15(20(18)19)12(9)5-11/h3,6-8,11H,1-2,4-5,16H2,(H,18,19). The third kappa shape index (κ3) is 1.89. The average molecular weight is 288 g/mol. The lowest BCUT2D eigenvalue weighted by Crippen LogP contribution is -2.19. The molecule has 1 fully saturated rings. The Labute approximate surface area is 119 Å². The fraction of sp³-hybridized carbons (Fsp3) is 0.400. The summed E-state index contributed by atoms with van der Waals surface area (Å²) in [5.74, 6) is 0.537. The maximum absolute atomic E-state index is 11.8. The van der Waals surface area contributed by atoms with Gasteiger partial charge in [-0.3, -0.25) is 4.98 Å². The molecule has 20 heavy (non-hydrogen) atoms. The molecule has 0 bridgehead atoms. The third-order valence-electron chi connectivity index (χ3n) is 4.31. The molecular formula is C15H16N2O2S. The van der Waals surface area contributed by atoms with Crippen LogP contribution in [-0.2, 0) is 23.9 Å². The van der Waals surface area contributed by atoms with E-state index in [4.69, 9.17) is 5.73 Å². The van der Waals surface area contributed by atoms with Crippen molar-refractivity contribution in [2.75, 3.05) is 0 Å². The Bertz CT molecular complexity index is 740. The maximum atomic E-state index is 11.8. The molecule has 1 heterocycles. The third-order valence-corrected chi connectivity index (χ3v) is 5.13. The van der Waals surface area contributed by atoms with E-state index < -0.39 is 11.1 Å². The van der Waals surface area contributed by atoms with Crippen molar-refractivity contribution >= 4 is 21.9 Å². The zero-order chi connectivity index (χ0) is 13.9. The Kier molecular flexibility index (Phi) is 2.70. The Morgan fingerprint density at radius 1 is 1.30 bits per heavy atom. The molecule has 2 aromatic rings. The molecule has 4 nitrogen and oxygen atoms in total. The monoisotopic (exact) mass is 288 g/mol. The molecule has 5 heteroatoms. The second kappa shape index (κ2) is 4.35. The minimum absolute atomic E-state index is 0.0555. The van der Waals surface area contributed by atoms with Crippen molar-refractivity contribution in [3.63, 3.8) is 0 Å². The molecule has 2 aliphatic carbocycles. The summed E-state index contributed by atoms with van der Waals surface area (Å²) in [4.78, 5) is 5.05. The molecular weight excluding hydrogens is 272 g/mol. The first kappa shape index (κ1) is 12.4. The summed E-state index contributed by atoms with van der Waals surface area (Å²) in [5.41, 5.74) is 9.13. The van der Waals surface area contributed by atoms with Gasteiger partial charge in [0.1, 0.15) is 0 Å². The van der Waals surface area contributed by atoms with Crippen molar-refractivity contribution in [2.45, 2.75) is 42.5 Å². The zero-order valence-corrected chi connectivity index (χ0v) is 11.8. The zero-order valence-electron chi connectivity index (χ0n) is 11.0. The van der Waals surface area contributed by atoms with Crippen LogP contribution in [-0.4, -0.2) is 19.8 Å². The molecule has 0 aliphatic heterocycles. The van der Waals surface area contributed by atoms with Crippen LogP contribution in [0.4, 0.5) is 0 Å². The number of benzene rings is 1. The van der Waals surface area contributed by atoms with Gasteiger partial charge in [0.15, 0.2) is 11.1 Å². The van der Waals surface area contributed by atoms with Crippen molar-refractivity contribution in [3.05, 3.63) is 35.2 Å². The quantitative estimate of drug-likeness (QED) is 0.830. The lowest BCUT2D eigenvalue weighted by atomic mass is 10.0. The van der Waals surface area contributed by atoms with Crippen LogP contribution in [0.3, 0.4) is 0 Å². The first-order valence-electron chi connectivity index (χ1n) is 6.94. The predicted octanol–water partition coefficient (Wildman–Crippen LogP) is 2.12. The summed E-state index contributed by atoms with van der Waals surface area (Å²) in [6.45, 7) is 0. The highest BCUT2D eigenvalue weighted by atomic mass is 32.2. The number of hydrogen-bond donors (Lipinski definition) is 2. The van der Waals surface area contributed by atoms with Gasteiger partial charge in [0, 0.05) is 34.6 Å². The molecule has 0 radical (unpaired) electrons. The van der Waals surface area contributed by atoms with E-state index in [2.05, 4.69) is 11.1 Å². The van der Waals surface area contributed by atoms with E-state index in [1.165, 1.54) is 12.8 Å². The fourth-order valence-corrected chi connectivity index (χ4v) is 3.99. The first-order chi connectivity index (χ1) is 9.63. The molecule has 0 spiro atoms. The van der Waals surface area contributed by atoms with Gasteiger partial charge >= 0.3 is 0 Å². The van der Waals surface area contributed by atoms with E-state index in [1.54, 1.807) is 0 Å². The Hall–Kier alpha value is -1.30. The van der Waals surface area contributed by atoms with Crippen LogP contribution in [0.25, 0.3) is 10.8 Å². The largest absolute Gasteiger partial charge is 0.327 e. The van der Waals surface area contributed by atoms with Gasteiger partial charge in [0.25, 0.3) is 0 Å². The topological polar surface area (TPSA) is 76.2 Å². The molecule has 104 valence electrons. The van der Waals surface area contributed by atoms with Gasteiger partial charge < -0.3 is 10.3 Å². The van der Waals surface area contributed by atoms with Crippen LogP contribution in [0.2, 0.25) is 0 Å². The van der Waals surface area contributed by atoms with E-state index >= 15 is 0 Å². The highest BCUT2D eigenvalue weighted by Gasteiger charge is 2.28. The molecule has 3 N–H and O–H groups in total. The van der Waals surface area contributed by atoms with Crippen LogP contribution >= 0.6 is 0 Å². The lowest BCUT2D eigenvalue weighted by molar-refractivity contribution is 0.564. The van der Waals surface area contributed by atoms with Crippen LogP contribution in [0.1, 0.15) is 35.6 Å². The Morgan fingerprint density at radius 2 is 2.10 bits per heavy atom. The highest BCUT2D eigenvalue weighted by Crippen LogP contribution is 2.41. The van der Waals surface area contributed by atoms with E-state index in [0.29, 0.717) is 17.2 Å². The molecule has 4 rings (SSSR count). The number of nitrogens with zero attached hydrogens (tertiary/aromatic N) is 1. The number of nitrogens with two attached hydrogens (primary N) is 1.